The van der Waals surface area contributed by atoms with Crippen molar-refractivity contribution in [1.82, 2.24) is 10.4 Å². The second-order valence-electron chi connectivity index (χ2n) is 7.93. The lowest BCUT2D eigenvalue weighted by atomic mass is 9.97. The average molecular weight is 514 g/mol. The van der Waals surface area contributed by atoms with Crippen LogP contribution < -0.4 is 15.9 Å². The Balaban J connectivity index is 1.80. The molecular formula is C26H23N7O5-2. The Bertz CT molecular complexity index is 1360. The van der Waals surface area contributed by atoms with Crippen LogP contribution in [-0.4, -0.2) is 39.2 Å². The summed E-state index contributed by atoms with van der Waals surface area (Å²) in [6, 6.07) is 21.2. The van der Waals surface area contributed by atoms with Gasteiger partial charge in [-0.15, -0.1) is 5.23 Å². The maximum absolute atomic E-state index is 13.6. The molecule has 0 aliphatic carbocycles. The molecule has 1 unspecified atom stereocenters. The fourth-order valence-corrected chi connectivity index (χ4v) is 3.64. The Hall–Kier alpha value is -4.88. The van der Waals surface area contributed by atoms with Gasteiger partial charge in [0.05, 0.1) is 11.4 Å². The summed E-state index contributed by atoms with van der Waals surface area (Å²) in [4.78, 5) is 18.3. The van der Waals surface area contributed by atoms with E-state index in [0.717, 1.165) is 34.3 Å². The molecule has 0 fully saturated rings. The molecule has 0 bridgehead atoms. The fraction of sp³-hybridized carbons (Fsp3) is 0.0769. The Kier molecular flexibility index (Phi) is 8.20. The van der Waals surface area contributed by atoms with Gasteiger partial charge in [-0.1, -0.05) is 66.7 Å². The largest absolute Gasteiger partial charge is 0.769 e. The summed E-state index contributed by atoms with van der Waals surface area (Å²) in [7, 11) is 0. The van der Waals surface area contributed by atoms with Crippen LogP contribution in [0.3, 0.4) is 0 Å². The first-order valence-electron chi connectivity index (χ1n) is 11.4. The standard InChI is InChI=1S/C26H23N7O5/c1-2-3-14-27-31(25(34)20-15-21(32(35)36)17-22(16-20)33(37)38)26-28-23(18-10-6-4-7-11-18)24(29-30-26)19-12-8-5-9-13-19/h2-17,23,35-36H,1H3,(H,28,30)/q-2/b3-2+,27-14+. The van der Waals surface area contributed by atoms with Crippen molar-refractivity contribution in [2.45, 2.75) is 13.0 Å². The molecule has 1 aliphatic heterocycles. The van der Waals surface area contributed by atoms with Crippen molar-refractivity contribution >= 4 is 35.2 Å². The van der Waals surface area contributed by atoms with E-state index in [0.29, 0.717) is 5.71 Å². The van der Waals surface area contributed by atoms with Gasteiger partial charge in [-0.3, -0.25) is 15.2 Å². The molecule has 3 aromatic carbocycles. The molecule has 0 saturated carbocycles. The number of allylic oxidation sites excluding steroid dienone is 2. The highest BCUT2D eigenvalue weighted by Gasteiger charge is 2.29. The van der Waals surface area contributed by atoms with Gasteiger partial charge in [0.15, 0.2) is 0 Å². The zero-order valence-corrected chi connectivity index (χ0v) is 20.1. The maximum atomic E-state index is 13.6. The molecule has 194 valence electrons. The second-order valence-corrected chi connectivity index (χ2v) is 7.93. The lowest BCUT2D eigenvalue weighted by molar-refractivity contribution is 0.0291. The van der Waals surface area contributed by atoms with E-state index >= 15 is 0 Å². The van der Waals surface area contributed by atoms with E-state index in [9.17, 15) is 25.6 Å². The summed E-state index contributed by atoms with van der Waals surface area (Å²) in [5.41, 5.74) is 3.88. The number of carbonyl (C=O) groups is 1. The van der Waals surface area contributed by atoms with Crippen LogP contribution in [-0.2, 0) is 0 Å². The molecule has 3 aromatic rings. The Morgan fingerprint density at radius 2 is 1.66 bits per heavy atom. The predicted octanol–water partition coefficient (Wildman–Crippen LogP) is 4.18. The smallest absolute Gasteiger partial charge is 0.281 e. The van der Waals surface area contributed by atoms with Crippen LogP contribution in [0.25, 0.3) is 0 Å². The zero-order chi connectivity index (χ0) is 27.1. The first kappa shape index (κ1) is 26.2. The Labute approximate surface area is 217 Å². The average Bonchev–Trinajstić information content (AvgIpc) is 2.95. The number of rotatable bonds is 7. The lowest BCUT2D eigenvalue weighted by Crippen LogP contribution is -2.43. The van der Waals surface area contributed by atoms with E-state index in [1.54, 1.807) is 19.1 Å². The van der Waals surface area contributed by atoms with Crippen molar-refractivity contribution in [3.05, 3.63) is 118 Å². The molecule has 12 heteroatoms. The van der Waals surface area contributed by atoms with E-state index in [2.05, 4.69) is 15.6 Å². The number of aliphatic imine (C=N–C) groups is 1. The van der Waals surface area contributed by atoms with Gasteiger partial charge < -0.3 is 15.6 Å². The molecule has 1 heterocycles. The Morgan fingerprint density at radius 3 is 2.29 bits per heavy atom. The van der Waals surface area contributed by atoms with Crippen molar-refractivity contribution in [2.24, 2.45) is 15.2 Å². The molecule has 1 aliphatic rings. The van der Waals surface area contributed by atoms with Gasteiger partial charge >= 0.3 is 0 Å². The summed E-state index contributed by atoms with van der Waals surface area (Å²) < 4.78 is 0. The molecule has 0 radical (unpaired) electrons. The van der Waals surface area contributed by atoms with Gasteiger partial charge in [0.2, 0.25) is 5.96 Å². The van der Waals surface area contributed by atoms with Gasteiger partial charge in [-0.2, -0.15) is 15.2 Å². The van der Waals surface area contributed by atoms with E-state index in [1.807, 2.05) is 60.7 Å². The van der Waals surface area contributed by atoms with Crippen LogP contribution in [0.5, 0.6) is 0 Å². The number of guanidine groups is 1. The third kappa shape index (κ3) is 5.91. The summed E-state index contributed by atoms with van der Waals surface area (Å²) in [5.74, 6) is -0.865. The molecule has 1 amide bonds. The number of nitrogens with zero attached hydrogens (tertiary/aromatic N) is 6. The molecule has 3 N–H and O–H groups in total. The molecule has 12 nitrogen and oxygen atoms in total. The van der Waals surface area contributed by atoms with Gasteiger partial charge in [0.1, 0.15) is 6.04 Å². The highest BCUT2D eigenvalue weighted by atomic mass is 16.8. The molecule has 0 aromatic heterocycles. The van der Waals surface area contributed by atoms with Crippen molar-refractivity contribution in [3.8, 4) is 0 Å². The SMILES string of the molecule is C/C=C/C=N/N(C(=O)c1cc(N([O-])[O-])cc(N(O)O)c1)C1=NC(c2ccccc2)C(c2ccccc2)=NN1. The number of amides is 1. The number of hydrogen-bond donors (Lipinski definition) is 3. The van der Waals surface area contributed by atoms with Gasteiger partial charge in [0, 0.05) is 23.0 Å². The fourth-order valence-electron chi connectivity index (χ4n) is 3.64. The molecule has 4 rings (SSSR count). The highest BCUT2D eigenvalue weighted by molar-refractivity contribution is 6.11. The van der Waals surface area contributed by atoms with Gasteiger partial charge in [0.25, 0.3) is 5.91 Å². The molecule has 1 atom stereocenters. The number of carbonyl (C=O) groups excluding carboxylic acids is 1. The Morgan fingerprint density at radius 1 is 1.00 bits per heavy atom. The van der Waals surface area contributed by atoms with Crippen molar-refractivity contribution in [3.63, 3.8) is 0 Å². The quantitative estimate of drug-likeness (QED) is 0.313. The zero-order valence-electron chi connectivity index (χ0n) is 20.1. The van der Waals surface area contributed by atoms with Crippen LogP contribution in [0.1, 0.15) is 34.5 Å². The predicted molar refractivity (Wildman–Crippen MR) is 144 cm³/mol. The van der Waals surface area contributed by atoms with Crippen LogP contribution in [0, 0.1) is 10.4 Å². The minimum Gasteiger partial charge on any atom is -0.769 e. The number of anilines is 2. The highest BCUT2D eigenvalue weighted by Crippen LogP contribution is 2.28. The van der Waals surface area contributed by atoms with E-state index in [4.69, 9.17) is 4.99 Å². The van der Waals surface area contributed by atoms with Gasteiger partial charge in [-0.05, 0) is 36.8 Å². The number of benzene rings is 3. The monoisotopic (exact) mass is 513 g/mol. The summed E-state index contributed by atoms with van der Waals surface area (Å²) in [5, 5.41) is 50.2. The van der Waals surface area contributed by atoms with Crippen LogP contribution in [0.4, 0.5) is 11.4 Å². The minimum atomic E-state index is -0.825. The van der Waals surface area contributed by atoms with E-state index in [-0.39, 0.29) is 22.4 Å². The first-order chi connectivity index (χ1) is 18.4. The lowest BCUT2D eigenvalue weighted by Gasteiger charge is -2.38. The molecule has 38 heavy (non-hydrogen) atoms. The number of hydrogen-bond acceptors (Lipinski definition) is 11. The van der Waals surface area contributed by atoms with Crippen LogP contribution in [0.15, 0.2) is 106 Å². The van der Waals surface area contributed by atoms with Crippen molar-refractivity contribution in [1.29, 1.82) is 0 Å². The van der Waals surface area contributed by atoms with Crippen LogP contribution >= 0.6 is 0 Å². The van der Waals surface area contributed by atoms with Gasteiger partial charge in [-0.25, -0.2) is 10.4 Å². The van der Waals surface area contributed by atoms with E-state index < -0.39 is 22.9 Å². The molecule has 0 saturated heterocycles. The minimum absolute atomic E-state index is 0.0396. The molecular weight excluding hydrogens is 490 g/mol. The van der Waals surface area contributed by atoms with Crippen LogP contribution in [0.2, 0.25) is 0 Å². The van der Waals surface area contributed by atoms with Crippen molar-refractivity contribution < 1.29 is 15.2 Å². The van der Waals surface area contributed by atoms with E-state index in [1.165, 1.54) is 6.21 Å². The number of nitrogens with one attached hydrogen (secondary N) is 1. The third-order valence-corrected chi connectivity index (χ3v) is 5.42. The number of hydrazone groups is 2. The second kappa shape index (κ2) is 11.9. The third-order valence-electron chi connectivity index (χ3n) is 5.42. The summed E-state index contributed by atoms with van der Waals surface area (Å²) in [6.45, 7) is 1.76. The molecule has 0 spiro atoms. The van der Waals surface area contributed by atoms with Crippen molar-refractivity contribution in [2.75, 3.05) is 10.5 Å². The summed E-state index contributed by atoms with van der Waals surface area (Å²) in [6.07, 6.45) is 4.62. The summed E-state index contributed by atoms with van der Waals surface area (Å²) >= 11 is 0. The normalized spacial score (nSPS) is 15.1. The topological polar surface area (TPSA) is 162 Å². The first-order valence-corrected chi connectivity index (χ1v) is 11.4. The maximum Gasteiger partial charge on any atom is 0.281 e.